The number of hydrogen-bond acceptors (Lipinski definition) is 1. The molecule has 0 saturated heterocycles. The average Bonchev–Trinajstić information content (AvgIpc) is 2.66. The van der Waals surface area contributed by atoms with Gasteiger partial charge in [0.1, 0.15) is 0 Å². The summed E-state index contributed by atoms with van der Waals surface area (Å²) in [5.74, 6) is 1.13. The van der Waals surface area contributed by atoms with E-state index in [1.165, 1.54) is 31.3 Å². The summed E-state index contributed by atoms with van der Waals surface area (Å²) in [6, 6.07) is 0. The number of carbonyl (C=O) groups is 1. The largest absolute Gasteiger partial charge is 0.294 e. The Morgan fingerprint density at radius 3 is 2.59 bits per heavy atom. The van der Waals surface area contributed by atoms with Crippen molar-refractivity contribution in [2.75, 3.05) is 0 Å². The molecule has 0 unspecified atom stereocenters. The third-order valence-corrected chi connectivity index (χ3v) is 6.56. The monoisotopic (exact) mass is 232 g/mol. The van der Waals surface area contributed by atoms with Crippen molar-refractivity contribution in [3.63, 3.8) is 0 Å². The van der Waals surface area contributed by atoms with Crippen LogP contribution in [0.15, 0.2) is 11.6 Å². The Kier molecular flexibility index (Phi) is 2.06. The van der Waals surface area contributed by atoms with Crippen LogP contribution in [0.2, 0.25) is 0 Å². The van der Waals surface area contributed by atoms with Crippen LogP contribution in [0.4, 0.5) is 0 Å². The molecular weight excluding hydrogens is 208 g/mol. The van der Waals surface area contributed by atoms with Crippen LogP contribution in [-0.2, 0) is 4.79 Å². The molecule has 17 heavy (non-hydrogen) atoms. The quantitative estimate of drug-likeness (QED) is 0.614. The maximum Gasteiger partial charge on any atom is 0.163 e. The first-order valence-electron chi connectivity index (χ1n) is 7.12. The van der Waals surface area contributed by atoms with E-state index in [1.807, 2.05) is 6.08 Å². The molecule has 0 aliphatic heterocycles. The van der Waals surface area contributed by atoms with Crippen molar-refractivity contribution < 1.29 is 4.79 Å². The maximum absolute atomic E-state index is 12.7. The third kappa shape index (κ3) is 0.971. The van der Waals surface area contributed by atoms with Gasteiger partial charge in [-0.1, -0.05) is 32.8 Å². The molecule has 1 nitrogen and oxygen atoms in total. The predicted octanol–water partition coefficient (Wildman–Crippen LogP) is 4.13. The lowest BCUT2D eigenvalue weighted by Crippen LogP contribution is -2.54. The number of rotatable bonds is 0. The Hall–Kier alpha value is -0.590. The van der Waals surface area contributed by atoms with E-state index in [2.05, 4.69) is 27.7 Å². The SMILES string of the molecule is CC1=CC(=O)[C@]23CC[C@@H](C)[C@@]12CCCC3(C)C. The van der Waals surface area contributed by atoms with Gasteiger partial charge in [-0.3, -0.25) is 4.79 Å². The van der Waals surface area contributed by atoms with E-state index < -0.39 is 0 Å². The van der Waals surface area contributed by atoms with E-state index in [1.54, 1.807) is 0 Å². The predicted molar refractivity (Wildman–Crippen MR) is 69.7 cm³/mol. The number of carbonyl (C=O) groups excluding carboxylic acids is 1. The van der Waals surface area contributed by atoms with Gasteiger partial charge in [0.15, 0.2) is 5.78 Å². The van der Waals surface area contributed by atoms with Crippen LogP contribution in [0.25, 0.3) is 0 Å². The summed E-state index contributed by atoms with van der Waals surface area (Å²) in [5, 5.41) is 0. The van der Waals surface area contributed by atoms with Gasteiger partial charge in [0.25, 0.3) is 0 Å². The highest BCUT2D eigenvalue weighted by molar-refractivity contribution is 6.01. The van der Waals surface area contributed by atoms with Gasteiger partial charge in [-0.2, -0.15) is 0 Å². The maximum atomic E-state index is 12.7. The van der Waals surface area contributed by atoms with Gasteiger partial charge < -0.3 is 0 Å². The minimum atomic E-state index is -0.0538. The van der Waals surface area contributed by atoms with Crippen molar-refractivity contribution in [3.8, 4) is 0 Å². The minimum absolute atomic E-state index is 0.0538. The smallest absolute Gasteiger partial charge is 0.163 e. The highest BCUT2D eigenvalue weighted by Crippen LogP contribution is 2.74. The second-order valence-corrected chi connectivity index (χ2v) is 7.25. The molecular formula is C16H24O. The molecule has 0 radical (unpaired) electrons. The molecule has 3 aliphatic carbocycles. The lowest BCUT2D eigenvalue weighted by atomic mass is 9.46. The fraction of sp³-hybridized carbons (Fsp3) is 0.812. The second kappa shape index (κ2) is 3.05. The van der Waals surface area contributed by atoms with E-state index >= 15 is 0 Å². The molecule has 0 N–H and O–H groups in total. The summed E-state index contributed by atoms with van der Waals surface area (Å²) in [6.45, 7) is 9.26. The van der Waals surface area contributed by atoms with E-state index in [0.29, 0.717) is 11.7 Å². The first-order chi connectivity index (χ1) is 7.88. The molecule has 0 spiro atoms. The van der Waals surface area contributed by atoms with Crippen molar-refractivity contribution in [1.82, 2.24) is 0 Å². The molecule has 2 saturated carbocycles. The summed E-state index contributed by atoms with van der Waals surface area (Å²) < 4.78 is 0. The van der Waals surface area contributed by atoms with Crippen molar-refractivity contribution in [1.29, 1.82) is 0 Å². The Morgan fingerprint density at radius 1 is 1.24 bits per heavy atom. The van der Waals surface area contributed by atoms with Crippen LogP contribution in [0.3, 0.4) is 0 Å². The summed E-state index contributed by atoms with van der Waals surface area (Å²) in [4.78, 5) is 12.7. The Morgan fingerprint density at radius 2 is 1.94 bits per heavy atom. The number of ketones is 1. The van der Waals surface area contributed by atoms with E-state index in [0.717, 1.165) is 6.42 Å². The summed E-state index contributed by atoms with van der Waals surface area (Å²) in [7, 11) is 0. The van der Waals surface area contributed by atoms with Crippen molar-refractivity contribution in [2.45, 2.75) is 59.8 Å². The molecule has 94 valence electrons. The standard InChI is InChI=1S/C16H24O/c1-11-6-9-16-13(17)10-12(2)15(11,16)8-5-7-14(16,3)4/h10-11H,5-9H2,1-4H3/t11-,15+,16+/m1/s1. The van der Waals surface area contributed by atoms with Gasteiger partial charge in [-0.25, -0.2) is 0 Å². The van der Waals surface area contributed by atoms with Crippen LogP contribution < -0.4 is 0 Å². The molecule has 0 amide bonds. The van der Waals surface area contributed by atoms with Crippen molar-refractivity contribution in [2.24, 2.45) is 22.2 Å². The number of hydrogen-bond donors (Lipinski definition) is 0. The molecule has 0 heterocycles. The molecule has 3 aliphatic rings. The zero-order valence-corrected chi connectivity index (χ0v) is 11.6. The van der Waals surface area contributed by atoms with Gasteiger partial charge in [0.2, 0.25) is 0 Å². The molecule has 0 aromatic heterocycles. The van der Waals surface area contributed by atoms with Gasteiger partial charge in [0.05, 0.1) is 0 Å². The highest BCUT2D eigenvalue weighted by Gasteiger charge is 2.71. The lowest BCUT2D eigenvalue weighted by Gasteiger charge is -2.56. The van der Waals surface area contributed by atoms with Crippen molar-refractivity contribution in [3.05, 3.63) is 11.6 Å². The third-order valence-electron chi connectivity index (χ3n) is 6.56. The van der Waals surface area contributed by atoms with Gasteiger partial charge in [0, 0.05) is 10.8 Å². The van der Waals surface area contributed by atoms with Crippen LogP contribution in [0, 0.1) is 22.2 Å². The Balaban J connectivity index is 2.26. The molecule has 1 heteroatoms. The highest BCUT2D eigenvalue weighted by atomic mass is 16.1. The topological polar surface area (TPSA) is 17.1 Å². The van der Waals surface area contributed by atoms with Gasteiger partial charge in [-0.05, 0) is 50.0 Å². The van der Waals surface area contributed by atoms with Crippen LogP contribution in [0.1, 0.15) is 59.8 Å². The molecule has 3 rings (SSSR count). The van der Waals surface area contributed by atoms with Gasteiger partial charge >= 0.3 is 0 Å². The molecule has 3 atom stereocenters. The molecule has 2 fully saturated rings. The average molecular weight is 232 g/mol. The number of allylic oxidation sites excluding steroid dienone is 2. The zero-order chi connectivity index (χ0) is 12.5. The first kappa shape index (κ1) is 11.5. The lowest BCUT2D eigenvalue weighted by molar-refractivity contribution is -0.144. The van der Waals surface area contributed by atoms with E-state index in [4.69, 9.17) is 0 Å². The summed E-state index contributed by atoms with van der Waals surface area (Å²) >= 11 is 0. The van der Waals surface area contributed by atoms with E-state index in [-0.39, 0.29) is 16.2 Å². The van der Waals surface area contributed by atoms with Crippen LogP contribution in [0.5, 0.6) is 0 Å². The minimum Gasteiger partial charge on any atom is -0.294 e. The van der Waals surface area contributed by atoms with Gasteiger partial charge in [-0.15, -0.1) is 0 Å². The summed E-state index contributed by atoms with van der Waals surface area (Å²) in [5.41, 5.74) is 1.73. The normalized spacial score (nSPS) is 47.6. The Bertz CT molecular complexity index is 417. The van der Waals surface area contributed by atoms with E-state index in [9.17, 15) is 4.79 Å². The molecule has 0 aromatic carbocycles. The molecule has 0 bridgehead atoms. The first-order valence-corrected chi connectivity index (χ1v) is 7.12. The van der Waals surface area contributed by atoms with Crippen LogP contribution in [-0.4, -0.2) is 5.78 Å². The second-order valence-electron chi connectivity index (χ2n) is 7.25. The molecule has 0 aromatic rings. The Labute approximate surface area is 105 Å². The fourth-order valence-corrected chi connectivity index (χ4v) is 5.80. The fourth-order valence-electron chi connectivity index (χ4n) is 5.80. The summed E-state index contributed by atoms with van der Waals surface area (Å²) in [6.07, 6.45) is 8.09. The van der Waals surface area contributed by atoms with Crippen LogP contribution >= 0.6 is 0 Å². The zero-order valence-electron chi connectivity index (χ0n) is 11.6. The van der Waals surface area contributed by atoms with Crippen molar-refractivity contribution >= 4 is 5.78 Å².